The standard InChI is InChI=1S/C17H26O13/c1-6(19)26-13-11(23)9(22)5-25-17(13)30-12-10(4-18)29-16(24)15(28-8(3)21)14(12)27-7(2)20/h9-18,22-24H,4-5H2,1-3H3/t9-,10-,11+,12-,13-,14-,15-,16?,17+/m1/s1. The maximum atomic E-state index is 11.6. The van der Waals surface area contributed by atoms with E-state index < -0.39 is 79.8 Å². The monoisotopic (exact) mass is 438 g/mol. The molecule has 0 aliphatic carbocycles. The summed E-state index contributed by atoms with van der Waals surface area (Å²) in [5.74, 6) is -2.42. The molecule has 30 heavy (non-hydrogen) atoms. The molecule has 0 aromatic heterocycles. The Hall–Kier alpha value is -1.87. The predicted octanol–water partition coefficient (Wildman–Crippen LogP) is -3.05. The van der Waals surface area contributed by atoms with Gasteiger partial charge in [0.2, 0.25) is 0 Å². The first-order valence-corrected chi connectivity index (χ1v) is 9.14. The summed E-state index contributed by atoms with van der Waals surface area (Å²) < 4.78 is 31.4. The lowest BCUT2D eigenvalue weighted by atomic mass is 9.97. The van der Waals surface area contributed by atoms with Crippen molar-refractivity contribution in [2.75, 3.05) is 13.2 Å². The number of ether oxygens (including phenoxy) is 6. The van der Waals surface area contributed by atoms with Crippen molar-refractivity contribution in [3.8, 4) is 0 Å². The average Bonchev–Trinajstić information content (AvgIpc) is 2.64. The molecule has 2 saturated heterocycles. The maximum absolute atomic E-state index is 11.6. The Morgan fingerprint density at radius 3 is 1.93 bits per heavy atom. The highest BCUT2D eigenvalue weighted by Gasteiger charge is 2.53. The fourth-order valence-corrected chi connectivity index (χ4v) is 3.20. The van der Waals surface area contributed by atoms with Crippen molar-refractivity contribution >= 4 is 17.9 Å². The molecule has 0 bridgehead atoms. The summed E-state index contributed by atoms with van der Waals surface area (Å²) in [5.41, 5.74) is 0. The molecule has 0 aromatic carbocycles. The van der Waals surface area contributed by atoms with Gasteiger partial charge in [-0.05, 0) is 0 Å². The van der Waals surface area contributed by atoms with Crippen LogP contribution in [-0.2, 0) is 42.8 Å². The highest BCUT2D eigenvalue weighted by atomic mass is 16.7. The van der Waals surface area contributed by atoms with E-state index in [0.717, 1.165) is 20.8 Å². The fraction of sp³-hybridized carbons (Fsp3) is 0.824. The molecule has 2 rings (SSSR count). The lowest BCUT2D eigenvalue weighted by Gasteiger charge is -2.45. The van der Waals surface area contributed by atoms with E-state index in [1.165, 1.54) is 0 Å². The molecule has 2 aliphatic heterocycles. The van der Waals surface area contributed by atoms with Crippen LogP contribution in [0.1, 0.15) is 20.8 Å². The summed E-state index contributed by atoms with van der Waals surface area (Å²) in [6.07, 6.45) is -13.2. The topological polar surface area (TPSA) is 188 Å². The minimum Gasteiger partial charge on any atom is -0.455 e. The Kier molecular flexibility index (Phi) is 8.49. The van der Waals surface area contributed by atoms with Crippen molar-refractivity contribution in [3.05, 3.63) is 0 Å². The minimum absolute atomic E-state index is 0.380. The molecule has 1 unspecified atom stereocenters. The number of rotatable bonds is 6. The van der Waals surface area contributed by atoms with Crippen LogP contribution in [0.2, 0.25) is 0 Å². The van der Waals surface area contributed by atoms with E-state index in [2.05, 4.69) is 0 Å². The maximum Gasteiger partial charge on any atom is 0.303 e. The number of hydrogen-bond acceptors (Lipinski definition) is 13. The molecule has 2 aliphatic rings. The second kappa shape index (κ2) is 10.4. The van der Waals surface area contributed by atoms with Crippen LogP contribution < -0.4 is 0 Å². The highest BCUT2D eigenvalue weighted by molar-refractivity contribution is 5.67. The van der Waals surface area contributed by atoms with Crippen molar-refractivity contribution < 1.29 is 63.2 Å². The van der Waals surface area contributed by atoms with E-state index in [0.29, 0.717) is 0 Å². The first-order valence-electron chi connectivity index (χ1n) is 9.14. The van der Waals surface area contributed by atoms with Gasteiger partial charge >= 0.3 is 17.9 Å². The van der Waals surface area contributed by atoms with Gasteiger partial charge < -0.3 is 48.8 Å². The highest BCUT2D eigenvalue weighted by Crippen LogP contribution is 2.31. The van der Waals surface area contributed by atoms with E-state index in [-0.39, 0.29) is 6.61 Å². The molecule has 0 amide bonds. The van der Waals surface area contributed by atoms with Gasteiger partial charge in [0, 0.05) is 20.8 Å². The first kappa shape index (κ1) is 24.4. The van der Waals surface area contributed by atoms with Gasteiger partial charge in [-0.3, -0.25) is 14.4 Å². The molecule has 9 atom stereocenters. The van der Waals surface area contributed by atoms with Gasteiger partial charge in [-0.1, -0.05) is 0 Å². The zero-order chi connectivity index (χ0) is 22.6. The molecule has 172 valence electrons. The smallest absolute Gasteiger partial charge is 0.303 e. The SMILES string of the molecule is CC(=O)O[C@@H]1[C@H](O[C@@H]2OC[C@@H](O)[C@H](O)[C@H]2OC(C)=O)[C@@H](CO)OC(O)[C@@H]1OC(C)=O. The summed E-state index contributed by atoms with van der Waals surface area (Å²) in [5, 5.41) is 39.8. The normalized spacial score (nSPS) is 39.1. The first-order chi connectivity index (χ1) is 14.0. The van der Waals surface area contributed by atoms with Crippen LogP contribution in [0.4, 0.5) is 0 Å². The van der Waals surface area contributed by atoms with Crippen LogP contribution in [0.15, 0.2) is 0 Å². The quantitative estimate of drug-likeness (QED) is 0.242. The molecular formula is C17H26O13. The number of hydrogen-bond donors (Lipinski definition) is 4. The second-order valence-corrected chi connectivity index (χ2v) is 6.83. The van der Waals surface area contributed by atoms with Crippen molar-refractivity contribution in [2.24, 2.45) is 0 Å². The van der Waals surface area contributed by atoms with Gasteiger partial charge in [0.1, 0.15) is 24.4 Å². The molecule has 0 radical (unpaired) electrons. The van der Waals surface area contributed by atoms with Crippen molar-refractivity contribution in [2.45, 2.75) is 76.1 Å². The van der Waals surface area contributed by atoms with Crippen LogP contribution in [0, 0.1) is 0 Å². The number of carbonyl (C=O) groups is 3. The average molecular weight is 438 g/mol. The van der Waals surface area contributed by atoms with Crippen LogP contribution in [0.5, 0.6) is 0 Å². The summed E-state index contributed by atoms with van der Waals surface area (Å²) in [6.45, 7) is 2.11. The van der Waals surface area contributed by atoms with Crippen molar-refractivity contribution in [1.82, 2.24) is 0 Å². The van der Waals surface area contributed by atoms with Crippen LogP contribution in [0.3, 0.4) is 0 Å². The van der Waals surface area contributed by atoms with E-state index >= 15 is 0 Å². The predicted molar refractivity (Wildman–Crippen MR) is 91.3 cm³/mol. The van der Waals surface area contributed by atoms with Crippen LogP contribution in [-0.4, -0.2) is 107 Å². The summed E-state index contributed by atoms with van der Waals surface area (Å²) in [6, 6.07) is 0. The van der Waals surface area contributed by atoms with Gasteiger partial charge in [-0.2, -0.15) is 0 Å². The van der Waals surface area contributed by atoms with E-state index in [9.17, 15) is 34.8 Å². The lowest BCUT2D eigenvalue weighted by Crippen LogP contribution is -2.64. The molecule has 0 aromatic rings. The zero-order valence-corrected chi connectivity index (χ0v) is 16.6. The molecule has 4 N–H and O–H groups in total. The van der Waals surface area contributed by atoms with E-state index in [4.69, 9.17) is 28.4 Å². The van der Waals surface area contributed by atoms with Gasteiger partial charge in [-0.25, -0.2) is 0 Å². The number of esters is 3. The Morgan fingerprint density at radius 1 is 0.867 bits per heavy atom. The molecule has 0 saturated carbocycles. The third kappa shape index (κ3) is 5.85. The van der Waals surface area contributed by atoms with Gasteiger partial charge in [-0.15, -0.1) is 0 Å². The third-order valence-electron chi connectivity index (χ3n) is 4.42. The lowest BCUT2D eigenvalue weighted by molar-refractivity contribution is -0.344. The molecule has 13 heteroatoms. The molecule has 2 heterocycles. The third-order valence-corrected chi connectivity index (χ3v) is 4.42. The van der Waals surface area contributed by atoms with E-state index in [1.807, 2.05) is 0 Å². The van der Waals surface area contributed by atoms with Crippen molar-refractivity contribution in [3.63, 3.8) is 0 Å². The molecular weight excluding hydrogens is 412 g/mol. The van der Waals surface area contributed by atoms with Gasteiger partial charge in [0.05, 0.1) is 13.2 Å². The van der Waals surface area contributed by atoms with Crippen LogP contribution >= 0.6 is 0 Å². The summed E-state index contributed by atoms with van der Waals surface area (Å²) in [4.78, 5) is 34.4. The largest absolute Gasteiger partial charge is 0.455 e. The molecule has 2 fully saturated rings. The van der Waals surface area contributed by atoms with Crippen molar-refractivity contribution in [1.29, 1.82) is 0 Å². The Labute approximate surface area is 171 Å². The Balaban J connectivity index is 2.33. The second-order valence-electron chi connectivity index (χ2n) is 6.83. The van der Waals surface area contributed by atoms with Gasteiger partial charge in [0.15, 0.2) is 30.9 Å². The van der Waals surface area contributed by atoms with E-state index in [1.54, 1.807) is 0 Å². The minimum atomic E-state index is -1.75. The number of carbonyl (C=O) groups excluding carboxylic acids is 3. The molecule has 0 spiro atoms. The Bertz CT molecular complexity index is 625. The molecule has 13 nitrogen and oxygen atoms in total. The number of aliphatic hydroxyl groups excluding tert-OH is 4. The fourth-order valence-electron chi connectivity index (χ4n) is 3.20. The summed E-state index contributed by atoms with van der Waals surface area (Å²) in [7, 11) is 0. The van der Waals surface area contributed by atoms with Gasteiger partial charge in [0.25, 0.3) is 0 Å². The summed E-state index contributed by atoms with van der Waals surface area (Å²) >= 11 is 0. The number of aliphatic hydroxyl groups is 4. The Morgan fingerprint density at radius 2 is 1.40 bits per heavy atom. The zero-order valence-electron chi connectivity index (χ0n) is 16.6. The van der Waals surface area contributed by atoms with Crippen LogP contribution in [0.25, 0.3) is 0 Å².